The lowest BCUT2D eigenvalue weighted by molar-refractivity contribution is 0.501. The number of fused-ring (bicyclic) bond motifs is 1. The van der Waals surface area contributed by atoms with Crippen LogP contribution in [0.3, 0.4) is 0 Å². The molecule has 0 bridgehead atoms. The minimum absolute atomic E-state index is 0.551. The van der Waals surface area contributed by atoms with Crippen LogP contribution in [0.4, 0.5) is 0 Å². The number of nitrogens with one attached hydrogen (secondary N) is 1. The Kier molecular flexibility index (Phi) is 6.95. The minimum atomic E-state index is 0.551. The molecule has 2 unspecified atom stereocenters. The van der Waals surface area contributed by atoms with Crippen molar-refractivity contribution in [1.82, 2.24) is 5.32 Å². The molecule has 1 N–H and O–H groups in total. The van der Waals surface area contributed by atoms with E-state index in [4.69, 9.17) is 0 Å². The molecule has 0 radical (unpaired) electrons. The highest BCUT2D eigenvalue weighted by Crippen LogP contribution is 2.36. The van der Waals surface area contributed by atoms with Crippen molar-refractivity contribution in [3.05, 3.63) is 35.4 Å². The highest BCUT2D eigenvalue weighted by molar-refractivity contribution is 7.99. The molecular weight excluding hydrogens is 262 g/mol. The van der Waals surface area contributed by atoms with Gasteiger partial charge in [0, 0.05) is 11.3 Å². The fraction of sp³-hybridized carbons (Fsp3) is 0.667. The molecule has 2 heteroatoms. The third-order valence-electron chi connectivity index (χ3n) is 4.14. The Hall–Kier alpha value is -0.470. The molecule has 0 spiro atoms. The molecule has 1 aliphatic carbocycles. The van der Waals surface area contributed by atoms with Crippen LogP contribution in [0.5, 0.6) is 0 Å². The van der Waals surface area contributed by atoms with Gasteiger partial charge in [-0.05, 0) is 55.5 Å². The van der Waals surface area contributed by atoms with E-state index in [9.17, 15) is 0 Å². The van der Waals surface area contributed by atoms with Crippen LogP contribution in [0.15, 0.2) is 24.3 Å². The minimum Gasteiger partial charge on any atom is -0.309 e. The van der Waals surface area contributed by atoms with Gasteiger partial charge in [-0.2, -0.15) is 11.8 Å². The Balaban J connectivity index is 2.13. The van der Waals surface area contributed by atoms with Crippen molar-refractivity contribution >= 4 is 11.8 Å². The second kappa shape index (κ2) is 8.74. The zero-order chi connectivity index (χ0) is 14.2. The second-order valence-corrected chi connectivity index (χ2v) is 7.13. The zero-order valence-corrected chi connectivity index (χ0v) is 13.8. The first kappa shape index (κ1) is 15.9. The quantitative estimate of drug-likeness (QED) is 0.562. The van der Waals surface area contributed by atoms with Crippen molar-refractivity contribution in [2.45, 2.75) is 63.7 Å². The van der Waals surface area contributed by atoms with Gasteiger partial charge in [0.25, 0.3) is 0 Å². The molecule has 0 heterocycles. The summed E-state index contributed by atoms with van der Waals surface area (Å²) in [6.07, 6.45) is 7.82. The molecule has 0 aliphatic heterocycles. The highest BCUT2D eigenvalue weighted by Gasteiger charge is 2.27. The van der Waals surface area contributed by atoms with Crippen LogP contribution in [0.25, 0.3) is 0 Å². The number of hydrogen-bond acceptors (Lipinski definition) is 2. The third-order valence-corrected chi connectivity index (χ3v) is 5.60. The standard InChI is InChI=1S/C18H29NS/c1-3-5-14-20-17-12-8-10-15-9-6-7-11-16(15)18(17)19-13-4-2/h6-7,9,11,17-19H,3-5,8,10,12-14H2,1-2H3. The van der Waals surface area contributed by atoms with Crippen LogP contribution in [0.1, 0.15) is 63.1 Å². The van der Waals surface area contributed by atoms with Gasteiger partial charge >= 0.3 is 0 Å². The van der Waals surface area contributed by atoms with Gasteiger partial charge in [-0.1, -0.05) is 44.5 Å². The molecule has 1 aliphatic rings. The number of unbranched alkanes of at least 4 members (excludes halogenated alkanes) is 1. The van der Waals surface area contributed by atoms with Gasteiger partial charge in [-0.3, -0.25) is 0 Å². The van der Waals surface area contributed by atoms with Crippen LogP contribution in [-0.4, -0.2) is 17.5 Å². The summed E-state index contributed by atoms with van der Waals surface area (Å²) in [6.45, 7) is 5.68. The number of aryl methyl sites for hydroxylation is 1. The molecule has 1 aromatic rings. The van der Waals surface area contributed by atoms with Crippen molar-refractivity contribution in [1.29, 1.82) is 0 Å². The Labute approximate surface area is 128 Å². The lowest BCUT2D eigenvalue weighted by Crippen LogP contribution is -2.30. The summed E-state index contributed by atoms with van der Waals surface area (Å²) in [6, 6.07) is 9.63. The molecule has 1 aromatic carbocycles. The van der Waals surface area contributed by atoms with E-state index in [1.165, 1.54) is 44.3 Å². The van der Waals surface area contributed by atoms with E-state index in [1.807, 2.05) is 0 Å². The number of thioether (sulfide) groups is 1. The van der Waals surface area contributed by atoms with E-state index in [2.05, 4.69) is 55.2 Å². The summed E-state index contributed by atoms with van der Waals surface area (Å²) >= 11 is 2.19. The molecular formula is C18H29NS. The predicted molar refractivity (Wildman–Crippen MR) is 91.6 cm³/mol. The average Bonchev–Trinajstić information content (AvgIpc) is 2.65. The highest BCUT2D eigenvalue weighted by atomic mass is 32.2. The average molecular weight is 292 g/mol. The van der Waals surface area contributed by atoms with Crippen molar-refractivity contribution in [2.75, 3.05) is 12.3 Å². The number of hydrogen-bond donors (Lipinski definition) is 1. The first-order chi connectivity index (χ1) is 9.86. The van der Waals surface area contributed by atoms with Crippen LogP contribution < -0.4 is 5.32 Å². The monoisotopic (exact) mass is 291 g/mol. The van der Waals surface area contributed by atoms with Crippen LogP contribution in [0, 0.1) is 0 Å². The maximum absolute atomic E-state index is 3.82. The van der Waals surface area contributed by atoms with E-state index >= 15 is 0 Å². The summed E-state index contributed by atoms with van der Waals surface area (Å²) in [4.78, 5) is 0. The van der Waals surface area contributed by atoms with Gasteiger partial charge in [-0.15, -0.1) is 0 Å². The van der Waals surface area contributed by atoms with Gasteiger partial charge in [-0.25, -0.2) is 0 Å². The lowest BCUT2D eigenvalue weighted by atomic mass is 9.99. The lowest BCUT2D eigenvalue weighted by Gasteiger charge is -2.27. The van der Waals surface area contributed by atoms with Crippen LogP contribution >= 0.6 is 11.8 Å². The van der Waals surface area contributed by atoms with Gasteiger partial charge in [0.2, 0.25) is 0 Å². The SMILES string of the molecule is CCCCSC1CCCc2ccccc2C1NCCC. The molecule has 0 saturated heterocycles. The fourth-order valence-electron chi connectivity index (χ4n) is 3.03. The van der Waals surface area contributed by atoms with E-state index in [-0.39, 0.29) is 0 Å². The van der Waals surface area contributed by atoms with Gasteiger partial charge in [0.05, 0.1) is 0 Å². The van der Waals surface area contributed by atoms with E-state index in [1.54, 1.807) is 11.1 Å². The predicted octanol–water partition coefficient (Wildman–Crippen LogP) is 4.97. The molecule has 112 valence electrons. The largest absolute Gasteiger partial charge is 0.309 e. The second-order valence-electron chi connectivity index (χ2n) is 5.79. The maximum Gasteiger partial charge on any atom is 0.0443 e. The van der Waals surface area contributed by atoms with Crippen LogP contribution in [0.2, 0.25) is 0 Å². The van der Waals surface area contributed by atoms with Gasteiger partial charge in [0.1, 0.15) is 0 Å². The third kappa shape index (κ3) is 4.26. The zero-order valence-electron chi connectivity index (χ0n) is 13.0. The normalized spacial score (nSPS) is 22.3. The fourth-order valence-corrected chi connectivity index (χ4v) is 4.55. The smallest absolute Gasteiger partial charge is 0.0443 e. The Morgan fingerprint density at radius 3 is 2.85 bits per heavy atom. The van der Waals surface area contributed by atoms with Crippen molar-refractivity contribution < 1.29 is 0 Å². The van der Waals surface area contributed by atoms with E-state index < -0.39 is 0 Å². The molecule has 2 atom stereocenters. The summed E-state index contributed by atoms with van der Waals surface area (Å²) in [5, 5.41) is 4.57. The van der Waals surface area contributed by atoms with Crippen LogP contribution in [-0.2, 0) is 6.42 Å². The molecule has 2 rings (SSSR count). The Morgan fingerprint density at radius 2 is 2.05 bits per heavy atom. The first-order valence-electron chi connectivity index (χ1n) is 8.29. The molecule has 0 amide bonds. The molecule has 20 heavy (non-hydrogen) atoms. The maximum atomic E-state index is 3.82. The van der Waals surface area contributed by atoms with Gasteiger partial charge in [0.15, 0.2) is 0 Å². The Morgan fingerprint density at radius 1 is 1.20 bits per heavy atom. The summed E-state index contributed by atoms with van der Waals surface area (Å²) in [5.41, 5.74) is 3.13. The molecule has 0 fully saturated rings. The Bertz CT molecular complexity index is 391. The van der Waals surface area contributed by atoms with Gasteiger partial charge < -0.3 is 5.32 Å². The van der Waals surface area contributed by atoms with Crippen molar-refractivity contribution in [3.63, 3.8) is 0 Å². The molecule has 1 nitrogen and oxygen atoms in total. The summed E-state index contributed by atoms with van der Waals surface area (Å²) in [5.74, 6) is 1.31. The first-order valence-corrected chi connectivity index (χ1v) is 9.34. The summed E-state index contributed by atoms with van der Waals surface area (Å²) < 4.78 is 0. The molecule has 0 saturated carbocycles. The topological polar surface area (TPSA) is 12.0 Å². The van der Waals surface area contributed by atoms with Crippen molar-refractivity contribution in [3.8, 4) is 0 Å². The molecule has 0 aromatic heterocycles. The van der Waals surface area contributed by atoms with Crippen molar-refractivity contribution in [2.24, 2.45) is 0 Å². The number of benzene rings is 1. The number of rotatable bonds is 7. The van der Waals surface area contributed by atoms with E-state index in [0.717, 1.165) is 11.8 Å². The summed E-state index contributed by atoms with van der Waals surface area (Å²) in [7, 11) is 0. The van der Waals surface area contributed by atoms with E-state index in [0.29, 0.717) is 6.04 Å².